The van der Waals surface area contributed by atoms with E-state index in [2.05, 4.69) is 0 Å². The first-order valence-corrected chi connectivity index (χ1v) is 21.0. The van der Waals surface area contributed by atoms with E-state index in [0.717, 1.165) is 0 Å². The van der Waals surface area contributed by atoms with E-state index >= 15 is 0 Å². The first-order valence-electron chi connectivity index (χ1n) is 21.0. The fraction of sp³-hybridized carbons (Fsp3) is 0.714. The molecule has 29 nitrogen and oxygen atoms in total. The molecule has 0 aromatic heterocycles. The van der Waals surface area contributed by atoms with Gasteiger partial charge >= 0.3 is 87.1 Å². The molecule has 0 aromatic rings. The first-order chi connectivity index (χ1) is 31.8. The number of likely N-dealkylation sites (N-methyl/N-ethyl adjacent to an activating group) is 3. The molecular formula is C42H67Mg3N3O26. The van der Waals surface area contributed by atoms with Crippen LogP contribution in [0.3, 0.4) is 0 Å². The van der Waals surface area contributed by atoms with Gasteiger partial charge in [-0.25, -0.2) is 0 Å². The van der Waals surface area contributed by atoms with Crippen LogP contribution in [0.4, 0.5) is 0 Å². The third kappa shape index (κ3) is 57.0. The third-order valence-electron chi connectivity index (χ3n) is 7.70. The molecule has 3 atom stereocenters. The summed E-state index contributed by atoms with van der Waals surface area (Å²) in [7, 11) is 17.1. The number of aliphatic hydroxyl groups is 2. The molecular weight excluding hydrogens is 1040 g/mol. The van der Waals surface area contributed by atoms with Gasteiger partial charge in [0.25, 0.3) is 0 Å². The number of carboxylic acid groups (broad SMARTS) is 9. The predicted octanol–water partition coefficient (Wildman–Crippen LogP) is -14.2. The van der Waals surface area contributed by atoms with E-state index in [4.69, 9.17) is 24.4 Å². The molecule has 0 heterocycles. The molecule has 0 spiro atoms. The van der Waals surface area contributed by atoms with E-state index in [0.29, 0.717) is 33.1 Å². The van der Waals surface area contributed by atoms with Crippen LogP contribution in [-0.2, 0) is 71.7 Å². The van der Waals surface area contributed by atoms with Gasteiger partial charge in [0.05, 0.1) is 75.4 Å². The molecule has 0 aliphatic carbocycles. The molecule has 74 heavy (non-hydrogen) atoms. The van der Waals surface area contributed by atoms with Crippen molar-refractivity contribution in [2.45, 2.75) is 114 Å². The minimum absolute atomic E-state index is 0. The smallest absolute Gasteiger partial charge is 0.550 e. The molecule has 0 radical (unpaired) electrons. The summed E-state index contributed by atoms with van der Waals surface area (Å²) in [5, 5.41) is 109. The summed E-state index contributed by atoms with van der Waals surface area (Å²) in [5.74, 6) is -16.7. The summed E-state index contributed by atoms with van der Waals surface area (Å²) in [6, 6.07) is 0. The molecule has 412 valence electrons. The molecule has 0 aromatic carbocycles. The Balaban J connectivity index is -0.000000122. The average molecular weight is 1100 g/mol. The largest absolute Gasteiger partial charge is 2.00 e. The Labute approximate surface area is 476 Å². The van der Waals surface area contributed by atoms with Crippen molar-refractivity contribution < 1.29 is 141 Å². The summed E-state index contributed by atoms with van der Waals surface area (Å²) in [4.78, 5) is 125. The van der Waals surface area contributed by atoms with Crippen molar-refractivity contribution in [2.75, 3.05) is 83.1 Å². The van der Waals surface area contributed by atoms with Gasteiger partial charge in [-0.2, -0.15) is 0 Å². The second-order valence-electron chi connectivity index (χ2n) is 18.4. The molecule has 0 aliphatic rings. The van der Waals surface area contributed by atoms with Gasteiger partial charge in [0.1, 0.15) is 30.8 Å². The van der Waals surface area contributed by atoms with Crippen LogP contribution in [0.1, 0.15) is 85.0 Å². The Kier molecular flexibility index (Phi) is 49.0. The van der Waals surface area contributed by atoms with E-state index in [9.17, 15) is 103 Å². The molecule has 0 saturated heterocycles. The maximum absolute atomic E-state index is 11.0. The van der Waals surface area contributed by atoms with Gasteiger partial charge in [-0.05, 0) is 0 Å². The molecule has 0 saturated carbocycles. The van der Waals surface area contributed by atoms with E-state index in [1.807, 2.05) is 63.4 Å². The van der Waals surface area contributed by atoms with Crippen molar-refractivity contribution in [1.82, 2.24) is 0 Å². The Morgan fingerprint density at radius 3 is 0.622 bits per heavy atom. The number of hydrogen-bond acceptors (Lipinski definition) is 26. The van der Waals surface area contributed by atoms with Crippen molar-refractivity contribution in [2.24, 2.45) is 0 Å². The molecule has 3 unspecified atom stereocenters. The first kappa shape index (κ1) is 86.4. The van der Waals surface area contributed by atoms with Gasteiger partial charge in [-0.15, -0.1) is 0 Å². The quantitative estimate of drug-likeness (QED) is 0.0318. The number of aliphatic carboxylic acids is 9. The van der Waals surface area contributed by atoms with Gasteiger partial charge in [0.15, 0.2) is 18.3 Å². The molecule has 0 bridgehead atoms. The fourth-order valence-electron chi connectivity index (χ4n) is 5.00. The second-order valence-corrected chi connectivity index (χ2v) is 18.4. The Bertz CT molecular complexity index is 1590. The number of carboxylic acids is 9. The minimum Gasteiger partial charge on any atom is -0.550 e. The number of esters is 3. The minimum atomic E-state index is -2.97. The molecule has 0 rings (SSSR count). The van der Waals surface area contributed by atoms with Crippen LogP contribution in [0.25, 0.3) is 0 Å². The van der Waals surface area contributed by atoms with Crippen molar-refractivity contribution in [3.05, 3.63) is 0 Å². The van der Waals surface area contributed by atoms with Gasteiger partial charge in [-0.1, -0.05) is 20.8 Å². The van der Waals surface area contributed by atoms with Crippen LogP contribution < -0.4 is 46.0 Å². The van der Waals surface area contributed by atoms with Gasteiger partial charge in [-0.3, -0.25) is 14.4 Å². The maximum Gasteiger partial charge on any atom is 2.00 e. The molecule has 0 aliphatic heterocycles. The van der Waals surface area contributed by atoms with Gasteiger partial charge < -0.3 is 127 Å². The summed E-state index contributed by atoms with van der Waals surface area (Å²) >= 11 is 0. The zero-order valence-corrected chi connectivity index (χ0v) is 48.3. The maximum atomic E-state index is 11.0. The monoisotopic (exact) mass is 1100 g/mol. The van der Waals surface area contributed by atoms with Crippen LogP contribution in [0.2, 0.25) is 0 Å². The van der Waals surface area contributed by atoms with Crippen molar-refractivity contribution in [3.63, 3.8) is 0 Å². The Morgan fingerprint density at radius 2 is 0.527 bits per heavy atom. The number of hydrogen-bond donors (Lipinski definition) is 2. The number of carbonyl (C=O) groups is 12. The summed E-state index contributed by atoms with van der Waals surface area (Å²) in [6.45, 7) is 6.39. The van der Waals surface area contributed by atoms with Gasteiger partial charge in [0, 0.05) is 106 Å². The van der Waals surface area contributed by atoms with E-state index in [1.165, 1.54) is 0 Å². The molecule has 0 fully saturated rings. The van der Waals surface area contributed by atoms with E-state index in [-0.39, 0.29) is 126 Å². The third-order valence-corrected chi connectivity index (χ3v) is 7.70. The van der Waals surface area contributed by atoms with Crippen LogP contribution in [0.5, 0.6) is 0 Å². The summed E-state index contributed by atoms with van der Waals surface area (Å²) < 4.78 is 16.6. The normalized spacial score (nSPS) is 11.9. The summed E-state index contributed by atoms with van der Waals surface area (Å²) in [5.41, 5.74) is -5.95. The number of quaternary nitrogens is 3. The molecule has 2 N–H and O–H groups in total. The van der Waals surface area contributed by atoms with Crippen molar-refractivity contribution in [3.8, 4) is 0 Å². The second kappa shape index (κ2) is 41.9. The molecule has 0 amide bonds. The van der Waals surface area contributed by atoms with Crippen LogP contribution in [0.15, 0.2) is 0 Å². The van der Waals surface area contributed by atoms with Crippen molar-refractivity contribution in [1.29, 1.82) is 0 Å². The number of nitrogens with zero attached hydrogens (tertiary/aromatic N) is 3. The predicted molar refractivity (Wildman–Crippen MR) is 234 cm³/mol. The summed E-state index contributed by atoms with van der Waals surface area (Å²) in [6.07, 6.45) is -7.25. The Morgan fingerprint density at radius 1 is 0.365 bits per heavy atom. The zero-order valence-electron chi connectivity index (χ0n) is 44.1. The molecule has 32 heteroatoms. The van der Waals surface area contributed by atoms with Crippen LogP contribution in [-0.4, -0.2) is 277 Å². The zero-order chi connectivity index (χ0) is 57.5. The van der Waals surface area contributed by atoms with Crippen LogP contribution in [0, 0.1) is 0 Å². The number of carbonyl (C=O) groups excluding carboxylic acids is 12. The van der Waals surface area contributed by atoms with Gasteiger partial charge in [0.2, 0.25) is 0 Å². The van der Waals surface area contributed by atoms with Crippen LogP contribution >= 0.6 is 0 Å². The Hall–Kier alpha value is -4.26. The van der Waals surface area contributed by atoms with E-state index in [1.54, 1.807) is 20.8 Å². The number of rotatable bonds is 28. The van der Waals surface area contributed by atoms with Crippen molar-refractivity contribution >= 4 is 141 Å². The number of ether oxygens (including phenoxy) is 3. The average Bonchev–Trinajstić information content (AvgIpc) is 3.11. The van der Waals surface area contributed by atoms with E-state index < -0.39 is 109 Å². The standard InChI is InChI=1S/3C10H19NO4.2C6H8O7.3Mg/c3*1-5-10(14)15-8(6-9(12)13)7-11(2,3)4;2*7-3(8)1-6(13,5(11)12)2-4(9)10;;;/h3*8H,5-7H2,1-4H3;2*13H,1-2H2,(H,7,8)(H,9,10)(H,11,12);;;/q;;;;;3*+2/p-6. The topological polar surface area (TPSA) is 481 Å². The fourth-order valence-corrected chi connectivity index (χ4v) is 5.00. The SMILES string of the molecule is CCC(=O)OC(CC(=O)[O-])C[N+](C)(C)C.CCC(=O)OC(CC(=O)[O-])C[N+](C)(C)C.CCC(=O)OC(CC(=O)[O-])C[N+](C)(C)C.O=C([O-])CC(O)(CC(=O)[O-])C(=O)[O-].O=C([O-])CC(O)(CC(=O)[O-])C(=O)[O-].[Mg+2].[Mg+2].[Mg+2].